The Kier molecular flexibility index (Phi) is 2.01. The van der Waals surface area contributed by atoms with Gasteiger partial charge in [-0.25, -0.2) is 0 Å². The van der Waals surface area contributed by atoms with Gasteiger partial charge in [0.25, 0.3) is 5.89 Å². The first kappa shape index (κ1) is 9.71. The van der Waals surface area contributed by atoms with E-state index in [4.69, 9.17) is 13.6 Å². The first-order valence-corrected chi connectivity index (χ1v) is 4.87. The van der Waals surface area contributed by atoms with Crippen LogP contribution in [-0.4, -0.2) is 22.4 Å². The Hall–Kier alpha value is -2.50. The maximum atomic E-state index is 9.63. The van der Waals surface area contributed by atoms with Crippen LogP contribution in [0.2, 0.25) is 0 Å². The number of furan rings is 1. The van der Waals surface area contributed by atoms with Gasteiger partial charge >= 0.3 is 6.08 Å². The van der Waals surface area contributed by atoms with Gasteiger partial charge in [0.05, 0.1) is 12.5 Å². The number of fused-ring (bicyclic) bond motifs is 1. The predicted octanol–water partition coefficient (Wildman–Crippen LogP) is 2.20. The van der Waals surface area contributed by atoms with Gasteiger partial charge in [-0.1, -0.05) is 11.2 Å². The molecule has 2 heterocycles. The number of hydrogen-bond donors (Lipinski definition) is 1. The quantitative estimate of drug-likeness (QED) is 0.729. The average molecular weight is 232 g/mol. The number of methoxy groups -OCH3 is 1. The number of aromatic nitrogens is 2. The van der Waals surface area contributed by atoms with Crippen molar-refractivity contribution in [1.82, 2.24) is 10.2 Å². The molecule has 0 saturated carbocycles. The molecule has 0 bridgehead atoms. The van der Waals surface area contributed by atoms with Gasteiger partial charge in [-0.3, -0.25) is 0 Å². The molecule has 0 radical (unpaired) electrons. The van der Waals surface area contributed by atoms with E-state index < -0.39 is 0 Å². The molecule has 3 rings (SSSR count). The molecule has 86 valence electrons. The van der Waals surface area contributed by atoms with Gasteiger partial charge in [-0.15, -0.1) is 5.10 Å². The number of benzene rings is 1. The number of rotatable bonds is 2. The molecule has 6 nitrogen and oxygen atoms in total. The lowest BCUT2D eigenvalue weighted by Gasteiger charge is -1.89. The molecular weight excluding hydrogens is 224 g/mol. The van der Waals surface area contributed by atoms with Crippen LogP contribution in [0.4, 0.5) is 0 Å². The molecule has 0 aliphatic heterocycles. The molecule has 0 amide bonds. The lowest BCUT2D eigenvalue weighted by molar-refractivity contribution is 0.292. The third kappa shape index (κ3) is 1.50. The zero-order valence-electron chi connectivity index (χ0n) is 8.88. The first-order chi connectivity index (χ1) is 8.28. The van der Waals surface area contributed by atoms with Gasteiger partial charge in [0.15, 0.2) is 5.76 Å². The number of ether oxygens (including phenoxy) is 1. The van der Waals surface area contributed by atoms with Gasteiger partial charge < -0.3 is 18.7 Å². The van der Waals surface area contributed by atoms with Crippen LogP contribution in [0.5, 0.6) is 11.8 Å². The predicted molar refractivity (Wildman–Crippen MR) is 57.7 cm³/mol. The highest BCUT2D eigenvalue weighted by Crippen LogP contribution is 2.32. The van der Waals surface area contributed by atoms with Crippen LogP contribution in [0.1, 0.15) is 0 Å². The normalized spacial score (nSPS) is 10.9. The number of phenolic OH excluding ortho intramolecular Hbond substituents is 1. The topological polar surface area (TPSA) is 81.5 Å². The maximum absolute atomic E-state index is 9.63. The van der Waals surface area contributed by atoms with Crippen molar-refractivity contribution in [3.63, 3.8) is 0 Å². The first-order valence-electron chi connectivity index (χ1n) is 4.87. The zero-order valence-corrected chi connectivity index (χ0v) is 8.88. The highest BCUT2D eigenvalue weighted by atomic mass is 16.6. The monoisotopic (exact) mass is 232 g/mol. The van der Waals surface area contributed by atoms with E-state index in [0.29, 0.717) is 16.7 Å². The van der Waals surface area contributed by atoms with Crippen molar-refractivity contribution >= 4 is 11.0 Å². The summed E-state index contributed by atoms with van der Waals surface area (Å²) in [5.74, 6) is 0.735. The molecule has 0 spiro atoms. The summed E-state index contributed by atoms with van der Waals surface area (Å²) in [7, 11) is 1.43. The Labute approximate surface area is 95.4 Å². The van der Waals surface area contributed by atoms with Crippen molar-refractivity contribution in [1.29, 1.82) is 0 Å². The molecule has 2 aromatic heterocycles. The summed E-state index contributed by atoms with van der Waals surface area (Å²) in [4.78, 5) is 0. The van der Waals surface area contributed by atoms with Gasteiger partial charge in [0, 0.05) is 6.07 Å². The number of nitrogens with zero attached hydrogens (tertiary/aromatic N) is 2. The molecule has 0 aliphatic rings. The van der Waals surface area contributed by atoms with E-state index in [1.54, 1.807) is 24.3 Å². The highest BCUT2D eigenvalue weighted by molar-refractivity contribution is 5.87. The van der Waals surface area contributed by atoms with Crippen molar-refractivity contribution < 1.29 is 18.7 Å². The smallest absolute Gasteiger partial charge is 0.414 e. The second-order valence-corrected chi connectivity index (χ2v) is 3.38. The van der Waals surface area contributed by atoms with Crippen LogP contribution in [0.25, 0.3) is 22.6 Å². The Morgan fingerprint density at radius 2 is 2.12 bits per heavy atom. The van der Waals surface area contributed by atoms with E-state index in [2.05, 4.69) is 10.2 Å². The minimum Gasteiger partial charge on any atom is -0.507 e. The summed E-state index contributed by atoms with van der Waals surface area (Å²) in [6, 6.07) is 6.65. The minimum absolute atomic E-state index is 0.0599. The average Bonchev–Trinajstić information content (AvgIpc) is 2.95. The van der Waals surface area contributed by atoms with Crippen LogP contribution < -0.4 is 4.74 Å². The molecule has 6 heteroatoms. The molecule has 3 aromatic rings. The van der Waals surface area contributed by atoms with Crippen molar-refractivity contribution in [3.8, 4) is 23.5 Å². The fraction of sp³-hybridized carbons (Fsp3) is 0.0909. The molecule has 1 N–H and O–H groups in total. The van der Waals surface area contributed by atoms with Crippen molar-refractivity contribution in [2.45, 2.75) is 0 Å². The molecule has 0 aliphatic carbocycles. The molecule has 0 saturated heterocycles. The maximum Gasteiger partial charge on any atom is 0.414 e. The van der Waals surface area contributed by atoms with Gasteiger partial charge in [-0.2, -0.15) is 0 Å². The lowest BCUT2D eigenvalue weighted by Crippen LogP contribution is -1.79. The van der Waals surface area contributed by atoms with Crippen molar-refractivity contribution in [2.24, 2.45) is 0 Å². The Bertz CT molecular complexity index is 671. The van der Waals surface area contributed by atoms with E-state index in [1.807, 2.05) is 0 Å². The highest BCUT2D eigenvalue weighted by Gasteiger charge is 2.15. The Morgan fingerprint density at radius 1 is 1.24 bits per heavy atom. The number of aromatic hydroxyl groups is 1. The molecule has 0 unspecified atom stereocenters. The van der Waals surface area contributed by atoms with E-state index >= 15 is 0 Å². The van der Waals surface area contributed by atoms with Crippen LogP contribution in [0, 0.1) is 0 Å². The summed E-state index contributed by atoms with van der Waals surface area (Å²) in [6.45, 7) is 0. The fourth-order valence-electron chi connectivity index (χ4n) is 1.54. The van der Waals surface area contributed by atoms with Crippen LogP contribution >= 0.6 is 0 Å². The van der Waals surface area contributed by atoms with Crippen LogP contribution in [0.15, 0.2) is 33.1 Å². The molecular formula is C11H8N2O4. The van der Waals surface area contributed by atoms with E-state index in [0.717, 1.165) is 0 Å². The van der Waals surface area contributed by atoms with E-state index in [1.165, 1.54) is 7.11 Å². The summed E-state index contributed by atoms with van der Waals surface area (Å²) >= 11 is 0. The Morgan fingerprint density at radius 3 is 2.82 bits per heavy atom. The molecule has 1 aromatic carbocycles. The van der Waals surface area contributed by atoms with Crippen molar-refractivity contribution in [3.05, 3.63) is 24.3 Å². The fourth-order valence-corrected chi connectivity index (χ4v) is 1.54. The summed E-state index contributed by atoms with van der Waals surface area (Å²) in [5, 5.41) is 17.6. The SMILES string of the molecule is COc1nnc(-c2cc3c(O)cccc3o2)o1. The largest absolute Gasteiger partial charge is 0.507 e. The number of hydrogen-bond acceptors (Lipinski definition) is 6. The summed E-state index contributed by atoms with van der Waals surface area (Å²) in [6.07, 6.45) is 0.0599. The van der Waals surface area contributed by atoms with Crippen LogP contribution in [-0.2, 0) is 0 Å². The van der Waals surface area contributed by atoms with Gasteiger partial charge in [0.1, 0.15) is 11.3 Å². The summed E-state index contributed by atoms with van der Waals surface area (Å²) < 4.78 is 15.4. The standard InChI is InChI=1S/C11H8N2O4/c1-15-11-13-12-10(17-11)9-5-6-7(14)3-2-4-8(6)16-9/h2-5,14H,1H3. The molecule has 0 fully saturated rings. The second kappa shape index (κ2) is 3.51. The van der Waals surface area contributed by atoms with Crippen LogP contribution in [0.3, 0.4) is 0 Å². The molecule has 17 heavy (non-hydrogen) atoms. The second-order valence-electron chi connectivity index (χ2n) is 3.38. The van der Waals surface area contributed by atoms with Crippen molar-refractivity contribution in [2.75, 3.05) is 7.11 Å². The lowest BCUT2D eigenvalue weighted by atomic mass is 10.2. The minimum atomic E-state index is 0.0599. The van der Waals surface area contributed by atoms with Gasteiger partial charge in [0.2, 0.25) is 0 Å². The molecule has 0 atom stereocenters. The summed E-state index contributed by atoms with van der Waals surface area (Å²) in [5.41, 5.74) is 0.553. The number of phenols is 1. The zero-order chi connectivity index (χ0) is 11.8. The Balaban J connectivity index is 2.14. The third-order valence-corrected chi connectivity index (χ3v) is 2.33. The third-order valence-electron chi connectivity index (χ3n) is 2.33. The van der Waals surface area contributed by atoms with E-state index in [9.17, 15) is 5.11 Å². The van der Waals surface area contributed by atoms with Gasteiger partial charge in [-0.05, 0) is 12.1 Å². The van der Waals surface area contributed by atoms with E-state index in [-0.39, 0.29) is 17.7 Å².